The lowest BCUT2D eigenvalue weighted by Crippen LogP contribution is -2.39. The summed E-state index contributed by atoms with van der Waals surface area (Å²) in [6.45, 7) is 6.01. The topological polar surface area (TPSA) is 72.3 Å². The third kappa shape index (κ3) is 2.71. The van der Waals surface area contributed by atoms with Gasteiger partial charge in [-0.3, -0.25) is 4.79 Å². The zero-order chi connectivity index (χ0) is 14.9. The van der Waals surface area contributed by atoms with Gasteiger partial charge >= 0.3 is 0 Å². The summed E-state index contributed by atoms with van der Waals surface area (Å²) in [4.78, 5) is 13.3. The molecule has 1 aromatic rings. The van der Waals surface area contributed by atoms with E-state index >= 15 is 0 Å². The molecule has 1 aliphatic heterocycles. The minimum absolute atomic E-state index is 0.0918. The van der Waals surface area contributed by atoms with Gasteiger partial charge in [0.25, 0.3) is 5.91 Å². The molecule has 1 amide bonds. The van der Waals surface area contributed by atoms with Crippen LogP contribution < -0.4 is 16.4 Å². The molecule has 110 valence electrons. The molecule has 1 heterocycles. The predicted octanol–water partition coefficient (Wildman–Crippen LogP) is 2.52. The van der Waals surface area contributed by atoms with Crippen molar-refractivity contribution in [2.24, 2.45) is 11.1 Å². The molecular formula is C15H22FN3O. The number of amides is 1. The first kappa shape index (κ1) is 14.6. The van der Waals surface area contributed by atoms with Gasteiger partial charge in [0.2, 0.25) is 0 Å². The van der Waals surface area contributed by atoms with Crippen LogP contribution in [0.25, 0.3) is 0 Å². The number of benzene rings is 1. The van der Waals surface area contributed by atoms with Gasteiger partial charge in [0.05, 0.1) is 11.3 Å². The van der Waals surface area contributed by atoms with E-state index in [9.17, 15) is 9.18 Å². The molecule has 5 heteroatoms. The lowest BCUT2D eigenvalue weighted by atomic mass is 9.78. The number of nitrogens with two attached hydrogens (primary N) is 2. The first-order chi connectivity index (χ1) is 9.36. The molecule has 1 aliphatic rings. The fraction of sp³-hybridized carbons (Fsp3) is 0.533. The number of anilines is 2. The first-order valence-corrected chi connectivity index (χ1v) is 7.00. The number of primary amides is 1. The van der Waals surface area contributed by atoms with Gasteiger partial charge in [0, 0.05) is 18.8 Å². The number of carbonyl (C=O) groups excluding carboxylic acids is 1. The first-order valence-electron chi connectivity index (χ1n) is 7.00. The number of rotatable bonds is 3. The summed E-state index contributed by atoms with van der Waals surface area (Å²) in [7, 11) is 0. The van der Waals surface area contributed by atoms with E-state index in [0.717, 1.165) is 32.4 Å². The minimum Gasteiger partial charge on any atom is -0.398 e. The largest absolute Gasteiger partial charge is 0.398 e. The molecule has 20 heavy (non-hydrogen) atoms. The lowest BCUT2D eigenvalue weighted by Gasteiger charge is -2.40. The molecule has 4 N–H and O–H groups in total. The maximum atomic E-state index is 14.1. The Morgan fingerprint density at radius 2 is 2.00 bits per heavy atom. The van der Waals surface area contributed by atoms with Crippen LogP contribution in [0.3, 0.4) is 0 Å². The Kier molecular flexibility index (Phi) is 3.88. The number of hydrogen-bond acceptors (Lipinski definition) is 3. The van der Waals surface area contributed by atoms with Gasteiger partial charge in [0.15, 0.2) is 0 Å². The Bertz CT molecular complexity index is 522. The summed E-state index contributed by atoms with van der Waals surface area (Å²) in [5, 5.41) is 0. The molecule has 0 atom stereocenters. The standard InChI is InChI=1S/C15H22FN3O/c1-3-15(2)4-6-19(7-5-15)13-8-10(14(18)20)12(17)9-11(13)16/h8-9H,3-7,17H2,1-2H3,(H2,18,20). The van der Waals surface area contributed by atoms with Crippen LogP contribution in [0, 0.1) is 11.2 Å². The van der Waals surface area contributed by atoms with Gasteiger partial charge in [-0.1, -0.05) is 20.3 Å². The summed E-state index contributed by atoms with van der Waals surface area (Å²) in [5.41, 5.74) is 11.9. The molecule has 1 saturated heterocycles. The van der Waals surface area contributed by atoms with Crippen molar-refractivity contribution in [3.8, 4) is 0 Å². The van der Waals surface area contributed by atoms with Crippen LogP contribution in [0.5, 0.6) is 0 Å². The van der Waals surface area contributed by atoms with Crippen molar-refractivity contribution in [2.75, 3.05) is 23.7 Å². The highest BCUT2D eigenvalue weighted by molar-refractivity contribution is 5.99. The van der Waals surface area contributed by atoms with Crippen molar-refractivity contribution in [2.45, 2.75) is 33.1 Å². The average Bonchev–Trinajstić information content (AvgIpc) is 2.40. The van der Waals surface area contributed by atoms with Gasteiger partial charge < -0.3 is 16.4 Å². The Labute approximate surface area is 118 Å². The van der Waals surface area contributed by atoms with E-state index in [1.165, 1.54) is 12.1 Å². The van der Waals surface area contributed by atoms with Crippen LogP contribution in [0.1, 0.15) is 43.5 Å². The summed E-state index contributed by atoms with van der Waals surface area (Å²) >= 11 is 0. The Hall–Kier alpha value is -1.78. The van der Waals surface area contributed by atoms with Crippen molar-refractivity contribution in [3.63, 3.8) is 0 Å². The maximum Gasteiger partial charge on any atom is 0.250 e. The van der Waals surface area contributed by atoms with Crippen LogP contribution >= 0.6 is 0 Å². The second-order valence-corrected chi connectivity index (χ2v) is 5.91. The van der Waals surface area contributed by atoms with Crippen LogP contribution in [0.4, 0.5) is 15.8 Å². The normalized spacial score (nSPS) is 18.1. The summed E-state index contributed by atoms with van der Waals surface area (Å²) < 4.78 is 14.1. The number of hydrogen-bond donors (Lipinski definition) is 2. The number of carbonyl (C=O) groups is 1. The molecule has 4 nitrogen and oxygen atoms in total. The van der Waals surface area contributed by atoms with E-state index in [-0.39, 0.29) is 11.3 Å². The molecular weight excluding hydrogens is 257 g/mol. The van der Waals surface area contributed by atoms with Crippen LogP contribution in [-0.2, 0) is 0 Å². The molecule has 1 fully saturated rings. The van der Waals surface area contributed by atoms with E-state index < -0.39 is 11.7 Å². The quantitative estimate of drug-likeness (QED) is 0.835. The van der Waals surface area contributed by atoms with Gasteiger partial charge in [-0.15, -0.1) is 0 Å². The van der Waals surface area contributed by atoms with Gasteiger partial charge in [0.1, 0.15) is 5.82 Å². The number of nitrogen functional groups attached to an aromatic ring is 1. The number of nitrogens with zero attached hydrogens (tertiary/aromatic N) is 1. The van der Waals surface area contributed by atoms with Gasteiger partial charge in [-0.2, -0.15) is 0 Å². The second kappa shape index (κ2) is 5.31. The molecule has 0 aromatic heterocycles. The Morgan fingerprint density at radius 3 is 2.50 bits per heavy atom. The van der Waals surface area contributed by atoms with Crippen molar-refractivity contribution in [3.05, 3.63) is 23.5 Å². The van der Waals surface area contributed by atoms with E-state index in [1.54, 1.807) is 0 Å². The number of halogens is 1. The summed E-state index contributed by atoms with van der Waals surface area (Å²) in [6.07, 6.45) is 3.15. The summed E-state index contributed by atoms with van der Waals surface area (Å²) in [5.74, 6) is -1.02. The minimum atomic E-state index is -0.626. The molecule has 0 radical (unpaired) electrons. The van der Waals surface area contributed by atoms with Gasteiger partial charge in [-0.05, 0) is 30.4 Å². The van der Waals surface area contributed by atoms with Crippen LogP contribution in [-0.4, -0.2) is 19.0 Å². The van der Waals surface area contributed by atoms with Crippen LogP contribution in [0.15, 0.2) is 12.1 Å². The third-order valence-corrected chi connectivity index (χ3v) is 4.55. The molecule has 0 saturated carbocycles. The molecule has 0 unspecified atom stereocenters. The predicted molar refractivity (Wildman–Crippen MR) is 79.2 cm³/mol. The highest BCUT2D eigenvalue weighted by Crippen LogP contribution is 2.37. The average molecular weight is 279 g/mol. The van der Waals surface area contributed by atoms with E-state index in [1.807, 2.05) is 4.90 Å². The smallest absolute Gasteiger partial charge is 0.250 e. The molecule has 1 aromatic carbocycles. The highest BCUT2D eigenvalue weighted by Gasteiger charge is 2.29. The maximum absolute atomic E-state index is 14.1. The zero-order valence-electron chi connectivity index (χ0n) is 12.1. The van der Waals surface area contributed by atoms with E-state index in [2.05, 4.69) is 13.8 Å². The molecule has 0 aliphatic carbocycles. The van der Waals surface area contributed by atoms with E-state index in [0.29, 0.717) is 11.1 Å². The summed E-state index contributed by atoms with van der Waals surface area (Å²) in [6, 6.07) is 2.66. The fourth-order valence-corrected chi connectivity index (χ4v) is 2.67. The zero-order valence-corrected chi connectivity index (χ0v) is 12.1. The molecule has 2 rings (SSSR count). The van der Waals surface area contributed by atoms with Crippen molar-refractivity contribution >= 4 is 17.3 Å². The monoisotopic (exact) mass is 279 g/mol. The van der Waals surface area contributed by atoms with Crippen molar-refractivity contribution in [1.82, 2.24) is 0 Å². The highest BCUT2D eigenvalue weighted by atomic mass is 19.1. The SMILES string of the molecule is CCC1(C)CCN(c2cc(C(N)=O)c(N)cc2F)CC1. The third-order valence-electron chi connectivity index (χ3n) is 4.55. The van der Waals surface area contributed by atoms with Crippen LogP contribution in [0.2, 0.25) is 0 Å². The van der Waals surface area contributed by atoms with E-state index in [4.69, 9.17) is 11.5 Å². The Morgan fingerprint density at radius 1 is 1.40 bits per heavy atom. The molecule has 0 spiro atoms. The molecule has 0 bridgehead atoms. The lowest BCUT2D eigenvalue weighted by molar-refractivity contribution is 0.100. The number of piperidine rings is 1. The fourth-order valence-electron chi connectivity index (χ4n) is 2.67. The van der Waals surface area contributed by atoms with Crippen molar-refractivity contribution in [1.29, 1.82) is 0 Å². The Balaban J connectivity index is 2.26. The second-order valence-electron chi connectivity index (χ2n) is 5.91. The van der Waals surface area contributed by atoms with Crippen molar-refractivity contribution < 1.29 is 9.18 Å². The van der Waals surface area contributed by atoms with Gasteiger partial charge in [-0.25, -0.2) is 4.39 Å².